The number of piperidine rings is 1. The molecule has 1 atom stereocenters. The molecule has 0 bridgehead atoms. The van der Waals surface area contributed by atoms with Crippen molar-refractivity contribution in [2.24, 2.45) is 5.73 Å². The molecular weight excluding hydrogens is 327 g/mol. The van der Waals surface area contributed by atoms with E-state index < -0.39 is 5.76 Å². The molecule has 1 aliphatic rings. The first-order valence-electron chi connectivity index (χ1n) is 7.01. The maximum absolute atomic E-state index is 11.1. The Morgan fingerprint density at radius 1 is 1.45 bits per heavy atom. The van der Waals surface area contributed by atoms with E-state index in [4.69, 9.17) is 21.8 Å². The summed E-state index contributed by atoms with van der Waals surface area (Å²) in [4.78, 5) is 13.3. The number of halogens is 2. The van der Waals surface area contributed by atoms with Crippen LogP contribution in [0.5, 0.6) is 0 Å². The minimum Gasteiger partial charge on any atom is -0.388 e. The van der Waals surface area contributed by atoms with E-state index in [2.05, 4.69) is 15.1 Å². The number of aromatic nitrogens is 2. The van der Waals surface area contributed by atoms with Crippen LogP contribution in [-0.4, -0.2) is 29.3 Å². The standard InChI is InChI=1S/C14H17ClN4O2.ClH/c15-11-5-4-9(13-17-18-14(20)21-13)7-12(11)19-6-2-1-3-10(19)8-16;/h4-5,7,10H,1-3,6,8,16H2,(H,18,20);1H. The van der Waals surface area contributed by atoms with Crippen molar-refractivity contribution >= 4 is 29.7 Å². The van der Waals surface area contributed by atoms with Crippen LogP contribution in [-0.2, 0) is 0 Å². The number of anilines is 1. The number of hydrogen-bond donors (Lipinski definition) is 2. The van der Waals surface area contributed by atoms with Gasteiger partial charge in [0, 0.05) is 24.7 Å². The Balaban J connectivity index is 0.00000176. The zero-order chi connectivity index (χ0) is 14.8. The number of benzene rings is 1. The smallest absolute Gasteiger partial charge is 0.388 e. The van der Waals surface area contributed by atoms with Crippen LogP contribution in [0, 0.1) is 0 Å². The number of hydrogen-bond acceptors (Lipinski definition) is 5. The molecule has 2 heterocycles. The third-order valence-electron chi connectivity index (χ3n) is 3.84. The Morgan fingerprint density at radius 2 is 2.27 bits per heavy atom. The summed E-state index contributed by atoms with van der Waals surface area (Å²) >= 11 is 6.34. The molecule has 1 fully saturated rings. The molecule has 0 aliphatic carbocycles. The van der Waals surface area contributed by atoms with Crippen LogP contribution in [0.4, 0.5) is 5.69 Å². The lowest BCUT2D eigenvalue weighted by Crippen LogP contribution is -2.44. The molecule has 1 unspecified atom stereocenters. The summed E-state index contributed by atoms with van der Waals surface area (Å²) in [5, 5.41) is 6.78. The first-order valence-corrected chi connectivity index (χ1v) is 7.39. The lowest BCUT2D eigenvalue weighted by molar-refractivity contribution is 0.465. The first kappa shape index (κ1) is 16.9. The fourth-order valence-corrected chi connectivity index (χ4v) is 3.01. The largest absolute Gasteiger partial charge is 0.434 e. The molecule has 1 aromatic heterocycles. The predicted octanol–water partition coefficient (Wildman–Crippen LogP) is 2.42. The summed E-state index contributed by atoms with van der Waals surface area (Å²) in [6.45, 7) is 1.52. The van der Waals surface area contributed by atoms with Crippen molar-refractivity contribution in [1.29, 1.82) is 0 Å². The first-order chi connectivity index (χ1) is 10.2. The van der Waals surface area contributed by atoms with Crippen molar-refractivity contribution in [3.05, 3.63) is 33.8 Å². The SMILES string of the molecule is Cl.NCC1CCCCN1c1cc(-c2n[nH]c(=O)o2)ccc1Cl. The second-order valence-corrected chi connectivity index (χ2v) is 5.57. The highest BCUT2D eigenvalue weighted by Crippen LogP contribution is 2.34. The van der Waals surface area contributed by atoms with Gasteiger partial charge in [-0.2, -0.15) is 0 Å². The normalized spacial score (nSPS) is 18.1. The van der Waals surface area contributed by atoms with E-state index in [1.165, 1.54) is 6.42 Å². The van der Waals surface area contributed by atoms with E-state index in [0.29, 0.717) is 17.1 Å². The molecule has 0 amide bonds. The zero-order valence-electron chi connectivity index (χ0n) is 11.9. The molecule has 0 spiro atoms. The van der Waals surface area contributed by atoms with Gasteiger partial charge in [0.05, 0.1) is 10.7 Å². The summed E-state index contributed by atoms with van der Waals surface area (Å²) in [5.74, 6) is -0.307. The van der Waals surface area contributed by atoms with E-state index in [0.717, 1.165) is 25.1 Å². The molecule has 0 saturated carbocycles. The zero-order valence-corrected chi connectivity index (χ0v) is 13.5. The quantitative estimate of drug-likeness (QED) is 0.892. The van der Waals surface area contributed by atoms with Crippen LogP contribution in [0.1, 0.15) is 19.3 Å². The highest BCUT2D eigenvalue weighted by Gasteiger charge is 2.23. The Morgan fingerprint density at radius 3 is 2.95 bits per heavy atom. The molecule has 0 radical (unpaired) electrons. The van der Waals surface area contributed by atoms with Crippen molar-refractivity contribution in [3.63, 3.8) is 0 Å². The van der Waals surface area contributed by atoms with Gasteiger partial charge in [0.1, 0.15) is 0 Å². The van der Waals surface area contributed by atoms with E-state index in [1.807, 2.05) is 6.07 Å². The average Bonchev–Trinajstić information content (AvgIpc) is 2.94. The minimum absolute atomic E-state index is 0. The van der Waals surface area contributed by atoms with E-state index in [1.54, 1.807) is 12.1 Å². The van der Waals surface area contributed by atoms with Crippen LogP contribution in [0.2, 0.25) is 5.02 Å². The van der Waals surface area contributed by atoms with E-state index >= 15 is 0 Å². The summed E-state index contributed by atoms with van der Waals surface area (Å²) in [6.07, 6.45) is 3.37. The van der Waals surface area contributed by atoms with Gasteiger partial charge in [0.25, 0.3) is 0 Å². The number of H-pyrrole nitrogens is 1. The minimum atomic E-state index is -0.570. The van der Waals surface area contributed by atoms with Crippen LogP contribution < -0.4 is 16.4 Å². The van der Waals surface area contributed by atoms with Crippen LogP contribution in [0.25, 0.3) is 11.5 Å². The second-order valence-electron chi connectivity index (χ2n) is 5.16. The van der Waals surface area contributed by atoms with Gasteiger partial charge in [-0.1, -0.05) is 11.6 Å². The van der Waals surface area contributed by atoms with Gasteiger partial charge in [-0.05, 0) is 37.5 Å². The molecule has 8 heteroatoms. The molecule has 22 heavy (non-hydrogen) atoms. The molecule has 1 saturated heterocycles. The van der Waals surface area contributed by atoms with Crippen molar-refractivity contribution in [3.8, 4) is 11.5 Å². The van der Waals surface area contributed by atoms with Crippen molar-refractivity contribution in [1.82, 2.24) is 10.2 Å². The fourth-order valence-electron chi connectivity index (χ4n) is 2.78. The molecule has 120 valence electrons. The van der Waals surface area contributed by atoms with Gasteiger partial charge in [-0.15, -0.1) is 17.5 Å². The second kappa shape index (κ2) is 7.17. The Bertz CT molecular complexity index is 685. The van der Waals surface area contributed by atoms with Gasteiger partial charge >= 0.3 is 5.76 Å². The van der Waals surface area contributed by atoms with E-state index in [-0.39, 0.29) is 24.3 Å². The van der Waals surface area contributed by atoms with Crippen LogP contribution in [0.15, 0.2) is 27.4 Å². The van der Waals surface area contributed by atoms with Gasteiger partial charge in [0.2, 0.25) is 5.89 Å². The molecular formula is C14H18Cl2N4O2. The third kappa shape index (κ3) is 3.29. The maximum Gasteiger partial charge on any atom is 0.434 e. The van der Waals surface area contributed by atoms with Gasteiger partial charge in [-0.25, -0.2) is 9.89 Å². The van der Waals surface area contributed by atoms with Crippen molar-refractivity contribution in [2.45, 2.75) is 25.3 Å². The predicted molar refractivity (Wildman–Crippen MR) is 88.9 cm³/mol. The molecule has 1 aliphatic heterocycles. The van der Waals surface area contributed by atoms with Gasteiger partial charge < -0.3 is 15.1 Å². The Hall–Kier alpha value is -1.50. The van der Waals surface area contributed by atoms with Crippen molar-refractivity contribution in [2.75, 3.05) is 18.0 Å². The van der Waals surface area contributed by atoms with Gasteiger partial charge in [0.15, 0.2) is 0 Å². The highest BCUT2D eigenvalue weighted by atomic mass is 35.5. The third-order valence-corrected chi connectivity index (χ3v) is 4.16. The number of nitrogens with zero attached hydrogens (tertiary/aromatic N) is 2. The number of aromatic amines is 1. The fraction of sp³-hybridized carbons (Fsp3) is 0.429. The number of nitrogens with one attached hydrogen (secondary N) is 1. The van der Waals surface area contributed by atoms with Crippen LogP contribution in [0.3, 0.4) is 0 Å². The summed E-state index contributed by atoms with van der Waals surface area (Å²) in [7, 11) is 0. The Labute approximate surface area is 139 Å². The highest BCUT2D eigenvalue weighted by molar-refractivity contribution is 6.33. The Kier molecular flexibility index (Phi) is 5.50. The maximum atomic E-state index is 11.1. The summed E-state index contributed by atoms with van der Waals surface area (Å²) in [5.41, 5.74) is 7.50. The molecule has 3 N–H and O–H groups in total. The topological polar surface area (TPSA) is 88.1 Å². The molecule has 2 aromatic rings. The summed E-state index contributed by atoms with van der Waals surface area (Å²) < 4.78 is 5.00. The molecule has 1 aromatic carbocycles. The monoisotopic (exact) mass is 344 g/mol. The lowest BCUT2D eigenvalue weighted by Gasteiger charge is -2.37. The lowest BCUT2D eigenvalue weighted by atomic mass is 10.0. The molecule has 6 nitrogen and oxygen atoms in total. The van der Waals surface area contributed by atoms with Crippen molar-refractivity contribution < 1.29 is 4.42 Å². The number of rotatable bonds is 3. The number of nitrogens with two attached hydrogens (primary N) is 1. The van der Waals surface area contributed by atoms with Gasteiger partial charge in [-0.3, -0.25) is 0 Å². The summed E-state index contributed by atoms with van der Waals surface area (Å²) in [6, 6.07) is 5.77. The molecule has 3 rings (SSSR count). The van der Waals surface area contributed by atoms with E-state index in [9.17, 15) is 4.79 Å². The van der Waals surface area contributed by atoms with Crippen LogP contribution >= 0.6 is 24.0 Å². The average molecular weight is 345 g/mol.